The van der Waals surface area contributed by atoms with Gasteiger partial charge in [-0.1, -0.05) is 40.9 Å². The average molecular weight is 382 g/mol. The first-order chi connectivity index (χ1) is 11.3. The summed E-state index contributed by atoms with van der Waals surface area (Å²) in [6.07, 6.45) is 1.16. The van der Waals surface area contributed by atoms with Crippen LogP contribution in [-0.2, 0) is 0 Å². The highest BCUT2D eigenvalue weighted by atomic mass is 35.5. The first-order valence-electron chi connectivity index (χ1n) is 6.39. The van der Waals surface area contributed by atoms with Crippen LogP contribution in [0.2, 0.25) is 15.1 Å². The Kier molecular flexibility index (Phi) is 5.58. The second kappa shape index (κ2) is 7.45. The number of hydrogen-bond donors (Lipinski definition) is 0. The van der Waals surface area contributed by atoms with Gasteiger partial charge in [0.1, 0.15) is 11.6 Å². The zero-order valence-electron chi connectivity index (χ0n) is 11.8. The lowest BCUT2D eigenvalue weighted by atomic mass is 10.0. The third kappa shape index (κ3) is 3.74. The molecule has 0 radical (unpaired) electrons. The molecule has 0 aliphatic carbocycles. The molecule has 0 saturated carbocycles. The van der Waals surface area contributed by atoms with Crippen molar-refractivity contribution in [3.05, 3.63) is 78.3 Å². The summed E-state index contributed by atoms with van der Waals surface area (Å²) < 4.78 is 0. The van der Waals surface area contributed by atoms with E-state index in [9.17, 15) is 20.2 Å². The Balaban J connectivity index is 2.55. The van der Waals surface area contributed by atoms with Crippen molar-refractivity contribution in [2.24, 2.45) is 0 Å². The van der Waals surface area contributed by atoms with Crippen LogP contribution in [0.4, 0.5) is 5.69 Å². The molecule has 5 nitrogen and oxygen atoms in total. The molecule has 0 unspecified atom stereocenters. The minimum Gasteiger partial charge on any atom is -0.288 e. The van der Waals surface area contributed by atoms with Gasteiger partial charge in [-0.05, 0) is 24.3 Å². The lowest BCUT2D eigenvalue weighted by Crippen LogP contribution is -2.04. The van der Waals surface area contributed by atoms with Crippen LogP contribution >= 0.6 is 34.8 Å². The maximum absolute atomic E-state index is 12.5. The Bertz CT molecular complexity index is 897. The van der Waals surface area contributed by atoms with Gasteiger partial charge in [-0.3, -0.25) is 14.9 Å². The van der Waals surface area contributed by atoms with E-state index in [0.29, 0.717) is 0 Å². The highest BCUT2D eigenvalue weighted by molar-refractivity contribution is 6.41. The number of nitro benzene ring substituents is 1. The van der Waals surface area contributed by atoms with E-state index in [0.717, 1.165) is 6.08 Å². The molecule has 0 fully saturated rings. The number of rotatable bonds is 4. The van der Waals surface area contributed by atoms with E-state index in [-0.39, 0.29) is 37.5 Å². The van der Waals surface area contributed by atoms with Crippen molar-refractivity contribution in [1.29, 1.82) is 5.26 Å². The number of allylic oxidation sites excluding steroid dienone is 1. The predicted molar refractivity (Wildman–Crippen MR) is 92.5 cm³/mol. The van der Waals surface area contributed by atoms with Crippen LogP contribution in [0.3, 0.4) is 0 Å². The van der Waals surface area contributed by atoms with Crippen LogP contribution in [0, 0.1) is 21.4 Å². The number of benzene rings is 2. The fourth-order valence-corrected chi connectivity index (χ4v) is 2.65. The smallest absolute Gasteiger partial charge is 0.270 e. The number of carbonyl (C=O) groups excluding carboxylic acids is 1. The van der Waals surface area contributed by atoms with E-state index in [1.807, 2.05) is 0 Å². The van der Waals surface area contributed by atoms with Gasteiger partial charge in [0.05, 0.1) is 20.5 Å². The minimum absolute atomic E-state index is 0.0183. The van der Waals surface area contributed by atoms with Crippen molar-refractivity contribution in [3.63, 3.8) is 0 Å². The zero-order valence-corrected chi connectivity index (χ0v) is 14.1. The molecular weight excluding hydrogens is 375 g/mol. The fraction of sp³-hybridized carbons (Fsp3) is 0. The maximum atomic E-state index is 12.5. The second-order valence-electron chi connectivity index (χ2n) is 4.56. The van der Waals surface area contributed by atoms with E-state index >= 15 is 0 Å². The van der Waals surface area contributed by atoms with Crippen molar-refractivity contribution in [1.82, 2.24) is 0 Å². The molecule has 0 aliphatic heterocycles. The van der Waals surface area contributed by atoms with E-state index in [2.05, 4.69) is 0 Å². The molecule has 0 atom stereocenters. The van der Waals surface area contributed by atoms with Crippen LogP contribution < -0.4 is 0 Å². The van der Waals surface area contributed by atoms with Gasteiger partial charge in [-0.15, -0.1) is 0 Å². The number of halogens is 3. The Hall–Kier alpha value is -2.39. The SMILES string of the molecule is N#C/C(=C\c1cc([N+](=O)[O-])ccc1Cl)C(=O)c1c(Cl)cccc1Cl. The number of ketones is 1. The number of Topliss-reactive ketones (excluding diaryl/α,β-unsaturated/α-hetero) is 1. The van der Waals surface area contributed by atoms with Gasteiger partial charge in [-0.25, -0.2) is 0 Å². The molecule has 0 N–H and O–H groups in total. The summed E-state index contributed by atoms with van der Waals surface area (Å²) in [5.41, 5.74) is -0.368. The normalized spacial score (nSPS) is 11.0. The first kappa shape index (κ1) is 18.0. The Morgan fingerprint density at radius 3 is 2.29 bits per heavy atom. The molecule has 0 aromatic heterocycles. The highest BCUT2D eigenvalue weighted by Crippen LogP contribution is 2.29. The first-order valence-corrected chi connectivity index (χ1v) is 7.53. The standard InChI is InChI=1S/C16H7Cl3N2O3/c17-12-5-4-11(21(23)24)7-9(12)6-10(8-20)16(22)15-13(18)2-1-3-14(15)19/h1-7H/b10-6+. The van der Waals surface area contributed by atoms with Gasteiger partial charge in [-0.2, -0.15) is 5.26 Å². The molecule has 8 heteroatoms. The summed E-state index contributed by atoms with van der Waals surface area (Å²) in [4.78, 5) is 22.8. The zero-order chi connectivity index (χ0) is 17.9. The van der Waals surface area contributed by atoms with Crippen molar-refractivity contribution >= 4 is 52.3 Å². The summed E-state index contributed by atoms with van der Waals surface area (Å²) in [5.74, 6) is -0.698. The molecule has 0 bridgehead atoms. The molecule has 24 heavy (non-hydrogen) atoms. The van der Waals surface area contributed by atoms with Gasteiger partial charge < -0.3 is 0 Å². The van der Waals surface area contributed by atoms with Gasteiger partial charge in [0.2, 0.25) is 5.78 Å². The van der Waals surface area contributed by atoms with Crippen molar-refractivity contribution in [2.75, 3.05) is 0 Å². The summed E-state index contributed by atoms with van der Waals surface area (Å²) in [5, 5.41) is 20.5. The number of hydrogen-bond acceptors (Lipinski definition) is 4. The van der Waals surface area contributed by atoms with E-state index in [4.69, 9.17) is 34.8 Å². The molecule has 0 aliphatic rings. The second-order valence-corrected chi connectivity index (χ2v) is 5.78. The lowest BCUT2D eigenvalue weighted by Gasteiger charge is -2.05. The van der Waals surface area contributed by atoms with Crippen LogP contribution in [0.15, 0.2) is 42.0 Å². The third-order valence-corrected chi connectivity index (χ3v) is 4.02. The highest BCUT2D eigenvalue weighted by Gasteiger charge is 2.19. The quantitative estimate of drug-likeness (QED) is 0.235. The van der Waals surface area contributed by atoms with Crippen molar-refractivity contribution in [2.45, 2.75) is 0 Å². The topological polar surface area (TPSA) is 84.0 Å². The summed E-state index contributed by atoms with van der Waals surface area (Å²) in [6.45, 7) is 0. The molecule has 0 spiro atoms. The van der Waals surface area contributed by atoms with Crippen molar-refractivity contribution in [3.8, 4) is 6.07 Å². The van der Waals surface area contributed by atoms with Gasteiger partial charge in [0.25, 0.3) is 5.69 Å². The third-order valence-electron chi connectivity index (χ3n) is 3.05. The summed E-state index contributed by atoms with van der Waals surface area (Å²) in [7, 11) is 0. The molecule has 2 aromatic rings. The molecule has 2 rings (SSSR count). The molecule has 120 valence electrons. The Labute approximate surface area is 151 Å². The van der Waals surface area contributed by atoms with E-state index < -0.39 is 10.7 Å². The van der Waals surface area contributed by atoms with E-state index in [1.165, 1.54) is 30.3 Å². The Morgan fingerprint density at radius 1 is 1.12 bits per heavy atom. The molecule has 2 aromatic carbocycles. The van der Waals surface area contributed by atoms with Gasteiger partial charge in [0.15, 0.2) is 0 Å². The number of nitriles is 1. The largest absolute Gasteiger partial charge is 0.288 e. The average Bonchev–Trinajstić information content (AvgIpc) is 2.53. The number of non-ortho nitro benzene ring substituents is 1. The number of nitro groups is 1. The van der Waals surface area contributed by atoms with Crippen LogP contribution in [0.25, 0.3) is 6.08 Å². The van der Waals surface area contributed by atoms with Crippen LogP contribution in [-0.4, -0.2) is 10.7 Å². The summed E-state index contributed by atoms with van der Waals surface area (Å²) >= 11 is 17.9. The summed E-state index contributed by atoms with van der Waals surface area (Å²) in [6, 6.07) is 9.95. The molecule has 0 saturated heterocycles. The van der Waals surface area contributed by atoms with E-state index in [1.54, 1.807) is 12.1 Å². The van der Waals surface area contributed by atoms with Crippen molar-refractivity contribution < 1.29 is 9.72 Å². The molecule has 0 heterocycles. The van der Waals surface area contributed by atoms with Gasteiger partial charge in [0, 0.05) is 22.7 Å². The maximum Gasteiger partial charge on any atom is 0.270 e. The van der Waals surface area contributed by atoms with Crippen LogP contribution in [0.5, 0.6) is 0 Å². The fourth-order valence-electron chi connectivity index (χ4n) is 1.91. The van der Waals surface area contributed by atoms with Crippen LogP contribution in [0.1, 0.15) is 15.9 Å². The number of carbonyl (C=O) groups is 1. The van der Waals surface area contributed by atoms with Gasteiger partial charge >= 0.3 is 0 Å². The molecule has 0 amide bonds. The molecular formula is C16H7Cl3N2O3. The Morgan fingerprint density at radius 2 is 1.75 bits per heavy atom. The lowest BCUT2D eigenvalue weighted by molar-refractivity contribution is -0.384. The monoisotopic (exact) mass is 380 g/mol. The number of nitrogens with zero attached hydrogens (tertiary/aromatic N) is 2. The predicted octanol–water partition coefficient (Wildman–Crippen LogP) is 5.34. The minimum atomic E-state index is -0.698.